The Morgan fingerprint density at radius 2 is 1.33 bits per heavy atom. The van der Waals surface area contributed by atoms with Crippen LogP contribution < -0.4 is 0 Å². The van der Waals surface area contributed by atoms with Crippen molar-refractivity contribution in [1.82, 2.24) is 4.90 Å². The van der Waals surface area contributed by atoms with E-state index in [4.69, 9.17) is 0 Å². The summed E-state index contributed by atoms with van der Waals surface area (Å²) in [5.41, 5.74) is 0. The Morgan fingerprint density at radius 3 is 1.90 bits per heavy atom. The molecule has 0 aromatic rings. The second-order valence-electron chi connectivity index (χ2n) is 6.45. The van der Waals surface area contributed by atoms with Crippen molar-refractivity contribution in [3.63, 3.8) is 0 Å². The third kappa shape index (κ3) is 9.71. The van der Waals surface area contributed by atoms with Crippen molar-refractivity contribution in [2.75, 3.05) is 13.1 Å². The summed E-state index contributed by atoms with van der Waals surface area (Å²) < 4.78 is 0. The van der Waals surface area contributed by atoms with Crippen molar-refractivity contribution in [3.05, 3.63) is 12.7 Å². The zero-order valence-corrected chi connectivity index (χ0v) is 14.0. The van der Waals surface area contributed by atoms with Crippen LogP contribution in [0.4, 0.5) is 0 Å². The Labute approximate surface area is 132 Å². The van der Waals surface area contributed by atoms with Gasteiger partial charge in [-0.15, -0.1) is 6.58 Å². The van der Waals surface area contributed by atoms with Crippen molar-refractivity contribution in [3.8, 4) is 0 Å². The number of nitrogens with zero attached hydrogens (tertiary/aromatic N) is 1. The van der Waals surface area contributed by atoms with Gasteiger partial charge in [-0.3, -0.25) is 4.79 Å². The molecule has 0 atom stereocenters. The van der Waals surface area contributed by atoms with Crippen molar-refractivity contribution in [1.29, 1.82) is 0 Å². The lowest BCUT2D eigenvalue weighted by Crippen LogP contribution is -2.31. The van der Waals surface area contributed by atoms with E-state index in [1.807, 2.05) is 6.08 Å². The highest BCUT2D eigenvalue weighted by Gasteiger charge is 2.14. The Kier molecular flexibility index (Phi) is 11.2. The standard InChI is InChI=1S/C19H35NO/c1-2-3-4-5-6-7-8-9-10-13-16-19(21)20-17-14-11-12-15-18-20/h2H,1,3-18H2. The number of unbranched alkanes of at least 4 members (excludes halogenated alkanes) is 8. The predicted molar refractivity (Wildman–Crippen MR) is 91.4 cm³/mol. The van der Waals surface area contributed by atoms with Crippen LogP contribution in [0.3, 0.4) is 0 Å². The van der Waals surface area contributed by atoms with Gasteiger partial charge in [0.1, 0.15) is 0 Å². The fourth-order valence-corrected chi connectivity index (χ4v) is 3.10. The second-order valence-corrected chi connectivity index (χ2v) is 6.45. The van der Waals surface area contributed by atoms with Crippen molar-refractivity contribution >= 4 is 5.91 Å². The molecule has 0 aliphatic carbocycles. The van der Waals surface area contributed by atoms with Gasteiger partial charge in [-0.1, -0.05) is 57.4 Å². The number of allylic oxidation sites excluding steroid dienone is 1. The van der Waals surface area contributed by atoms with Crippen LogP contribution in [0.1, 0.15) is 89.9 Å². The van der Waals surface area contributed by atoms with E-state index < -0.39 is 0 Å². The molecule has 2 heteroatoms. The monoisotopic (exact) mass is 293 g/mol. The van der Waals surface area contributed by atoms with Crippen molar-refractivity contribution in [2.24, 2.45) is 0 Å². The van der Waals surface area contributed by atoms with Crippen LogP contribution in [0, 0.1) is 0 Å². The van der Waals surface area contributed by atoms with E-state index >= 15 is 0 Å². The van der Waals surface area contributed by atoms with E-state index in [-0.39, 0.29) is 0 Å². The highest BCUT2D eigenvalue weighted by atomic mass is 16.2. The summed E-state index contributed by atoms with van der Waals surface area (Å²) in [6, 6.07) is 0. The fraction of sp³-hybridized carbons (Fsp3) is 0.842. The Balaban J connectivity index is 1.89. The minimum atomic E-state index is 0.404. The number of rotatable bonds is 11. The van der Waals surface area contributed by atoms with Crippen LogP contribution in [0.25, 0.3) is 0 Å². The number of hydrogen-bond acceptors (Lipinski definition) is 1. The maximum Gasteiger partial charge on any atom is 0.222 e. The molecule has 0 spiro atoms. The van der Waals surface area contributed by atoms with E-state index in [0.29, 0.717) is 5.91 Å². The summed E-state index contributed by atoms with van der Waals surface area (Å²) in [5, 5.41) is 0. The van der Waals surface area contributed by atoms with E-state index in [0.717, 1.165) is 25.9 Å². The van der Waals surface area contributed by atoms with Crippen LogP contribution >= 0.6 is 0 Å². The predicted octanol–water partition coefficient (Wildman–Crippen LogP) is 5.48. The van der Waals surface area contributed by atoms with Gasteiger partial charge < -0.3 is 4.90 Å². The molecule has 0 saturated carbocycles. The van der Waals surface area contributed by atoms with Gasteiger partial charge in [-0.25, -0.2) is 0 Å². The molecular formula is C19H35NO. The molecule has 2 nitrogen and oxygen atoms in total. The largest absolute Gasteiger partial charge is 0.343 e. The zero-order chi connectivity index (χ0) is 15.2. The van der Waals surface area contributed by atoms with Crippen molar-refractivity contribution in [2.45, 2.75) is 89.9 Å². The van der Waals surface area contributed by atoms with Gasteiger partial charge >= 0.3 is 0 Å². The van der Waals surface area contributed by atoms with Crippen LogP contribution in [0.2, 0.25) is 0 Å². The quantitative estimate of drug-likeness (QED) is 0.365. The Hall–Kier alpha value is -0.790. The van der Waals surface area contributed by atoms with Crippen LogP contribution in [-0.4, -0.2) is 23.9 Å². The normalized spacial score (nSPS) is 15.7. The molecule has 0 unspecified atom stereocenters. The molecule has 1 aliphatic rings. The average Bonchev–Trinajstić information content (AvgIpc) is 2.78. The number of carbonyl (C=O) groups is 1. The first-order valence-corrected chi connectivity index (χ1v) is 9.23. The minimum absolute atomic E-state index is 0.404. The first-order chi connectivity index (χ1) is 10.3. The van der Waals surface area contributed by atoms with Gasteiger partial charge in [0, 0.05) is 19.5 Å². The number of hydrogen-bond donors (Lipinski definition) is 0. The maximum atomic E-state index is 12.1. The minimum Gasteiger partial charge on any atom is -0.343 e. The fourth-order valence-electron chi connectivity index (χ4n) is 3.10. The molecule has 1 fully saturated rings. The highest BCUT2D eigenvalue weighted by molar-refractivity contribution is 5.76. The summed E-state index contributed by atoms with van der Waals surface area (Å²) in [6.07, 6.45) is 19.3. The number of likely N-dealkylation sites (tertiary alicyclic amines) is 1. The SMILES string of the molecule is C=CCCCCCCCCCCC(=O)N1CCCCCC1. The van der Waals surface area contributed by atoms with E-state index in [2.05, 4.69) is 11.5 Å². The van der Waals surface area contributed by atoms with Crippen LogP contribution in [0.15, 0.2) is 12.7 Å². The second kappa shape index (κ2) is 12.9. The molecular weight excluding hydrogens is 258 g/mol. The van der Waals surface area contributed by atoms with Gasteiger partial charge in [0.05, 0.1) is 0 Å². The lowest BCUT2D eigenvalue weighted by Gasteiger charge is -2.20. The van der Waals surface area contributed by atoms with E-state index in [1.165, 1.54) is 77.0 Å². The molecule has 0 N–H and O–H groups in total. The first-order valence-electron chi connectivity index (χ1n) is 9.23. The summed E-state index contributed by atoms with van der Waals surface area (Å²) >= 11 is 0. The molecule has 1 heterocycles. The Morgan fingerprint density at radius 1 is 0.810 bits per heavy atom. The van der Waals surface area contributed by atoms with Gasteiger partial charge in [0.25, 0.3) is 0 Å². The molecule has 1 rings (SSSR count). The van der Waals surface area contributed by atoms with Gasteiger partial charge in [-0.05, 0) is 32.1 Å². The molecule has 1 aliphatic heterocycles. The Bertz CT molecular complexity index is 267. The summed E-state index contributed by atoms with van der Waals surface area (Å²) in [7, 11) is 0. The zero-order valence-electron chi connectivity index (χ0n) is 14.0. The van der Waals surface area contributed by atoms with Crippen LogP contribution in [0.5, 0.6) is 0 Å². The molecule has 0 aromatic heterocycles. The number of carbonyl (C=O) groups excluding carboxylic acids is 1. The lowest BCUT2D eigenvalue weighted by atomic mass is 10.1. The van der Waals surface area contributed by atoms with E-state index in [1.54, 1.807) is 0 Å². The van der Waals surface area contributed by atoms with E-state index in [9.17, 15) is 4.79 Å². The van der Waals surface area contributed by atoms with Gasteiger partial charge in [-0.2, -0.15) is 0 Å². The molecule has 0 bridgehead atoms. The molecule has 21 heavy (non-hydrogen) atoms. The first kappa shape index (κ1) is 18.3. The van der Waals surface area contributed by atoms with Gasteiger partial charge in [0.2, 0.25) is 5.91 Å². The average molecular weight is 293 g/mol. The third-order valence-corrected chi connectivity index (χ3v) is 4.51. The number of amides is 1. The molecule has 1 amide bonds. The summed E-state index contributed by atoms with van der Waals surface area (Å²) in [6.45, 7) is 5.76. The molecule has 0 radical (unpaired) electrons. The smallest absolute Gasteiger partial charge is 0.222 e. The molecule has 122 valence electrons. The summed E-state index contributed by atoms with van der Waals surface area (Å²) in [4.78, 5) is 14.2. The van der Waals surface area contributed by atoms with Crippen LogP contribution in [-0.2, 0) is 4.79 Å². The topological polar surface area (TPSA) is 20.3 Å². The third-order valence-electron chi connectivity index (χ3n) is 4.51. The lowest BCUT2D eigenvalue weighted by molar-refractivity contribution is -0.131. The van der Waals surface area contributed by atoms with Crippen molar-refractivity contribution < 1.29 is 4.79 Å². The maximum absolute atomic E-state index is 12.1. The molecule has 1 saturated heterocycles. The highest BCUT2D eigenvalue weighted by Crippen LogP contribution is 2.14. The summed E-state index contributed by atoms with van der Waals surface area (Å²) in [5.74, 6) is 0.404. The molecule has 0 aromatic carbocycles. The van der Waals surface area contributed by atoms with Gasteiger partial charge in [0.15, 0.2) is 0 Å².